The van der Waals surface area contributed by atoms with E-state index in [4.69, 9.17) is 0 Å². The van der Waals surface area contributed by atoms with E-state index in [-0.39, 0.29) is 5.91 Å². The molecule has 12 heavy (non-hydrogen) atoms. The number of hydrogen-bond acceptors (Lipinski definition) is 1. The molecule has 0 spiro atoms. The van der Waals surface area contributed by atoms with E-state index < -0.39 is 0 Å². The molecule has 70 valence electrons. The van der Waals surface area contributed by atoms with Crippen molar-refractivity contribution in [3.63, 3.8) is 0 Å². The predicted molar refractivity (Wildman–Crippen MR) is 49.9 cm³/mol. The lowest BCUT2D eigenvalue weighted by Crippen LogP contribution is -2.42. The summed E-state index contributed by atoms with van der Waals surface area (Å²) in [6, 6.07) is 0.543. The normalized spacial score (nSPS) is 24.2. The maximum Gasteiger partial charge on any atom is 0.219 e. The lowest BCUT2D eigenvalue weighted by atomic mass is 9.98. The maximum absolute atomic E-state index is 11.2. The van der Waals surface area contributed by atoms with Crippen molar-refractivity contribution in [3.05, 3.63) is 0 Å². The van der Waals surface area contributed by atoms with Crippen molar-refractivity contribution >= 4 is 5.91 Å². The molecule has 1 rings (SSSR count). The Morgan fingerprint density at radius 1 is 1.50 bits per heavy atom. The van der Waals surface area contributed by atoms with Gasteiger partial charge in [-0.3, -0.25) is 4.79 Å². The summed E-state index contributed by atoms with van der Waals surface area (Å²) in [5.41, 5.74) is 0. The van der Waals surface area contributed by atoms with Gasteiger partial charge < -0.3 is 4.90 Å². The Morgan fingerprint density at radius 3 is 2.83 bits per heavy atom. The number of rotatable bonds is 2. The van der Waals surface area contributed by atoms with E-state index in [2.05, 4.69) is 6.92 Å². The summed E-state index contributed by atoms with van der Waals surface area (Å²) in [5.74, 6) is 0.258. The Bertz CT molecular complexity index is 154. The molecule has 0 bridgehead atoms. The highest BCUT2D eigenvalue weighted by molar-refractivity contribution is 5.73. The molecule has 2 nitrogen and oxygen atoms in total. The summed E-state index contributed by atoms with van der Waals surface area (Å²) in [6.07, 6.45) is 6.08. The zero-order valence-electron chi connectivity index (χ0n) is 8.18. The van der Waals surface area contributed by atoms with E-state index in [0.717, 1.165) is 6.54 Å². The highest BCUT2D eigenvalue weighted by Gasteiger charge is 2.22. The highest BCUT2D eigenvalue weighted by Crippen LogP contribution is 2.20. The minimum atomic E-state index is 0.258. The molecule has 2 heteroatoms. The molecule has 1 unspecified atom stereocenters. The van der Waals surface area contributed by atoms with Crippen molar-refractivity contribution in [2.24, 2.45) is 0 Å². The molecule has 1 amide bonds. The lowest BCUT2D eigenvalue weighted by Gasteiger charge is -2.35. The number of amides is 1. The maximum atomic E-state index is 11.2. The summed E-state index contributed by atoms with van der Waals surface area (Å²) in [4.78, 5) is 13.3. The first-order chi connectivity index (χ1) is 5.75. The third kappa shape index (κ3) is 2.23. The van der Waals surface area contributed by atoms with E-state index >= 15 is 0 Å². The number of carbonyl (C=O) groups is 1. The third-order valence-electron chi connectivity index (χ3n) is 2.65. The standard InChI is InChI=1S/C10H19NO/c1-3-6-10-7-4-5-8-11(10)9(2)12/h10H,3-8H2,1-2H3. The average molecular weight is 169 g/mol. The summed E-state index contributed by atoms with van der Waals surface area (Å²) < 4.78 is 0. The largest absolute Gasteiger partial charge is 0.340 e. The smallest absolute Gasteiger partial charge is 0.219 e. The van der Waals surface area contributed by atoms with Crippen LogP contribution in [0.15, 0.2) is 0 Å². The second kappa shape index (κ2) is 4.48. The van der Waals surface area contributed by atoms with Crippen LogP contribution in [0.25, 0.3) is 0 Å². The monoisotopic (exact) mass is 169 g/mol. The van der Waals surface area contributed by atoms with Crippen LogP contribution in [0.3, 0.4) is 0 Å². The van der Waals surface area contributed by atoms with Crippen molar-refractivity contribution in [2.45, 2.75) is 52.0 Å². The fraction of sp³-hybridized carbons (Fsp3) is 0.900. The first kappa shape index (κ1) is 9.56. The molecule has 0 aliphatic carbocycles. The van der Waals surface area contributed by atoms with Gasteiger partial charge in [0.1, 0.15) is 0 Å². The summed E-state index contributed by atoms with van der Waals surface area (Å²) in [7, 11) is 0. The minimum absolute atomic E-state index is 0.258. The molecule has 0 aromatic carbocycles. The van der Waals surface area contributed by atoms with Crippen LogP contribution in [0.5, 0.6) is 0 Å². The fourth-order valence-corrected chi connectivity index (χ4v) is 2.05. The van der Waals surface area contributed by atoms with Crippen LogP contribution in [0.1, 0.15) is 46.0 Å². The van der Waals surface area contributed by atoms with Crippen LogP contribution in [0.4, 0.5) is 0 Å². The molecule has 0 saturated carbocycles. The van der Waals surface area contributed by atoms with Crippen molar-refractivity contribution in [2.75, 3.05) is 6.54 Å². The van der Waals surface area contributed by atoms with E-state index in [1.165, 1.54) is 32.1 Å². The van der Waals surface area contributed by atoms with E-state index in [1.54, 1.807) is 6.92 Å². The van der Waals surface area contributed by atoms with Crippen LogP contribution in [-0.2, 0) is 4.79 Å². The Hall–Kier alpha value is -0.530. The first-order valence-electron chi connectivity index (χ1n) is 5.03. The van der Waals surface area contributed by atoms with E-state index in [1.807, 2.05) is 4.90 Å². The summed E-state index contributed by atoms with van der Waals surface area (Å²) in [6.45, 7) is 4.86. The molecular formula is C10H19NO. The predicted octanol–water partition coefficient (Wildman–Crippen LogP) is 2.19. The average Bonchev–Trinajstić information content (AvgIpc) is 2.05. The van der Waals surface area contributed by atoms with Crippen molar-refractivity contribution in [1.82, 2.24) is 4.90 Å². The van der Waals surface area contributed by atoms with Gasteiger partial charge in [0, 0.05) is 19.5 Å². The second-order valence-corrected chi connectivity index (χ2v) is 3.65. The Labute approximate surface area is 74.9 Å². The quantitative estimate of drug-likeness (QED) is 0.620. The molecule has 1 atom stereocenters. The molecule has 0 aromatic heterocycles. The summed E-state index contributed by atoms with van der Waals surface area (Å²) in [5, 5.41) is 0. The topological polar surface area (TPSA) is 20.3 Å². The second-order valence-electron chi connectivity index (χ2n) is 3.65. The molecule has 0 N–H and O–H groups in total. The number of piperidine rings is 1. The zero-order valence-corrected chi connectivity index (χ0v) is 8.18. The van der Waals surface area contributed by atoms with Gasteiger partial charge in [-0.2, -0.15) is 0 Å². The molecular weight excluding hydrogens is 150 g/mol. The van der Waals surface area contributed by atoms with Crippen LogP contribution in [0.2, 0.25) is 0 Å². The Morgan fingerprint density at radius 2 is 2.25 bits per heavy atom. The zero-order chi connectivity index (χ0) is 8.97. The van der Waals surface area contributed by atoms with Crippen LogP contribution < -0.4 is 0 Å². The SMILES string of the molecule is CCCC1CCCCN1C(C)=O. The fourth-order valence-electron chi connectivity index (χ4n) is 2.05. The molecule has 1 heterocycles. The van der Waals surface area contributed by atoms with Gasteiger partial charge in [0.15, 0.2) is 0 Å². The van der Waals surface area contributed by atoms with Crippen molar-refractivity contribution in [1.29, 1.82) is 0 Å². The van der Waals surface area contributed by atoms with Crippen molar-refractivity contribution in [3.8, 4) is 0 Å². The number of likely N-dealkylation sites (tertiary alicyclic amines) is 1. The molecule has 1 fully saturated rings. The van der Waals surface area contributed by atoms with E-state index in [0.29, 0.717) is 6.04 Å². The Kier molecular flexibility index (Phi) is 3.57. The molecule has 0 radical (unpaired) electrons. The summed E-state index contributed by atoms with van der Waals surface area (Å²) >= 11 is 0. The van der Waals surface area contributed by atoms with Crippen LogP contribution in [0, 0.1) is 0 Å². The van der Waals surface area contributed by atoms with Gasteiger partial charge in [-0.1, -0.05) is 13.3 Å². The molecule has 1 saturated heterocycles. The highest BCUT2D eigenvalue weighted by atomic mass is 16.2. The van der Waals surface area contributed by atoms with Crippen LogP contribution >= 0.6 is 0 Å². The first-order valence-corrected chi connectivity index (χ1v) is 5.03. The van der Waals surface area contributed by atoms with Gasteiger partial charge in [-0.25, -0.2) is 0 Å². The molecule has 0 aromatic rings. The van der Waals surface area contributed by atoms with E-state index in [9.17, 15) is 4.79 Å². The van der Waals surface area contributed by atoms with Gasteiger partial charge in [0.2, 0.25) is 5.91 Å². The molecule has 1 aliphatic heterocycles. The number of nitrogens with zero attached hydrogens (tertiary/aromatic N) is 1. The number of hydrogen-bond donors (Lipinski definition) is 0. The van der Waals surface area contributed by atoms with Gasteiger partial charge in [0.25, 0.3) is 0 Å². The third-order valence-corrected chi connectivity index (χ3v) is 2.65. The van der Waals surface area contributed by atoms with Gasteiger partial charge in [-0.05, 0) is 25.7 Å². The van der Waals surface area contributed by atoms with Crippen LogP contribution in [-0.4, -0.2) is 23.4 Å². The van der Waals surface area contributed by atoms with Gasteiger partial charge >= 0.3 is 0 Å². The Balaban J connectivity index is 2.48. The van der Waals surface area contributed by atoms with Gasteiger partial charge in [-0.15, -0.1) is 0 Å². The number of carbonyl (C=O) groups excluding carboxylic acids is 1. The minimum Gasteiger partial charge on any atom is -0.340 e. The lowest BCUT2D eigenvalue weighted by molar-refractivity contribution is -0.132. The van der Waals surface area contributed by atoms with Gasteiger partial charge in [0.05, 0.1) is 0 Å². The van der Waals surface area contributed by atoms with Crippen molar-refractivity contribution < 1.29 is 4.79 Å². The molecule has 1 aliphatic rings.